The number of hydrogen-bond acceptors (Lipinski definition) is 4. The molecule has 0 bridgehead atoms. The van der Waals surface area contributed by atoms with E-state index in [1.165, 1.54) is 24.4 Å². The minimum atomic E-state index is -4.78. The lowest BCUT2D eigenvalue weighted by molar-refractivity contribution is -0.274. The van der Waals surface area contributed by atoms with E-state index in [0.717, 1.165) is 0 Å². The van der Waals surface area contributed by atoms with Crippen molar-refractivity contribution in [3.63, 3.8) is 0 Å². The van der Waals surface area contributed by atoms with Crippen molar-refractivity contribution < 1.29 is 22.7 Å². The summed E-state index contributed by atoms with van der Waals surface area (Å²) in [6.07, 6.45) is -1.69. The Hall–Kier alpha value is -2.57. The topological polar surface area (TPSA) is 87.6 Å². The maximum Gasteiger partial charge on any atom is 0.573 e. The van der Waals surface area contributed by atoms with Crippen LogP contribution in [0.1, 0.15) is 12.5 Å². The van der Waals surface area contributed by atoms with Crippen molar-refractivity contribution in [1.29, 1.82) is 0 Å². The van der Waals surface area contributed by atoms with Gasteiger partial charge >= 0.3 is 6.36 Å². The molecule has 2 rings (SSSR count). The number of nitrogens with one attached hydrogen (secondary N) is 3. The molecule has 29 heavy (non-hydrogen) atoms. The second-order valence-electron chi connectivity index (χ2n) is 5.49. The Labute approximate surface area is 183 Å². The molecule has 1 aromatic carbocycles. The molecular formula is C18H21F3IN5O2. The zero-order chi connectivity index (χ0) is 20.4. The number of guanidine groups is 1. The molecule has 1 aromatic heterocycles. The number of carbonyl (C=O) groups is 1. The highest BCUT2D eigenvalue weighted by Crippen LogP contribution is 2.26. The molecule has 0 atom stereocenters. The highest BCUT2D eigenvalue weighted by atomic mass is 127. The number of pyridine rings is 1. The van der Waals surface area contributed by atoms with Gasteiger partial charge < -0.3 is 20.7 Å². The van der Waals surface area contributed by atoms with Crippen LogP contribution in [0.25, 0.3) is 0 Å². The van der Waals surface area contributed by atoms with Crippen molar-refractivity contribution in [1.82, 2.24) is 15.6 Å². The first-order valence-electron chi connectivity index (χ1n) is 8.43. The Bertz CT molecular complexity index is 804. The number of aliphatic imine (C=N–C) groups is 1. The van der Waals surface area contributed by atoms with Gasteiger partial charge in [0.2, 0.25) is 5.91 Å². The minimum absolute atomic E-state index is 0. The first-order chi connectivity index (χ1) is 13.4. The molecule has 0 saturated carbocycles. The fourth-order valence-electron chi connectivity index (χ4n) is 2.17. The van der Waals surface area contributed by atoms with Crippen molar-refractivity contribution >= 4 is 41.5 Å². The van der Waals surface area contributed by atoms with Crippen LogP contribution in [0.15, 0.2) is 53.8 Å². The summed E-state index contributed by atoms with van der Waals surface area (Å²) in [7, 11) is 0. The van der Waals surface area contributed by atoms with Crippen LogP contribution in [-0.2, 0) is 11.3 Å². The third kappa shape index (κ3) is 9.45. The number of anilines is 1. The Balaban J connectivity index is 0.00000420. The number of carbonyl (C=O) groups excluding carboxylic acids is 1. The van der Waals surface area contributed by atoms with Crippen LogP contribution in [0.3, 0.4) is 0 Å². The molecule has 0 unspecified atom stereocenters. The molecule has 1 heterocycles. The Morgan fingerprint density at radius 3 is 2.59 bits per heavy atom. The van der Waals surface area contributed by atoms with E-state index >= 15 is 0 Å². The van der Waals surface area contributed by atoms with Gasteiger partial charge in [0.1, 0.15) is 5.75 Å². The summed E-state index contributed by atoms with van der Waals surface area (Å²) in [5.41, 5.74) is 0.811. The molecule has 0 fully saturated rings. The van der Waals surface area contributed by atoms with Gasteiger partial charge in [0.25, 0.3) is 0 Å². The van der Waals surface area contributed by atoms with E-state index in [2.05, 4.69) is 30.7 Å². The Kier molecular flexibility index (Phi) is 10.2. The Morgan fingerprint density at radius 1 is 1.17 bits per heavy atom. The maximum absolute atomic E-state index is 12.5. The smallest absolute Gasteiger partial charge is 0.405 e. The van der Waals surface area contributed by atoms with E-state index in [4.69, 9.17) is 0 Å². The predicted molar refractivity (Wildman–Crippen MR) is 114 cm³/mol. The summed E-state index contributed by atoms with van der Waals surface area (Å²) in [6.45, 7) is 2.19. The average molecular weight is 523 g/mol. The zero-order valence-electron chi connectivity index (χ0n) is 15.5. The van der Waals surface area contributed by atoms with Gasteiger partial charge in [-0.05, 0) is 25.1 Å². The molecule has 3 N–H and O–H groups in total. The highest BCUT2D eigenvalue weighted by Gasteiger charge is 2.31. The number of halogens is 4. The predicted octanol–water partition coefficient (Wildman–Crippen LogP) is 3.29. The van der Waals surface area contributed by atoms with Gasteiger partial charge in [-0.25, -0.2) is 4.99 Å². The lowest BCUT2D eigenvalue weighted by atomic mass is 10.2. The normalized spacial score (nSPS) is 11.2. The van der Waals surface area contributed by atoms with E-state index in [1.54, 1.807) is 24.4 Å². The van der Waals surface area contributed by atoms with Crippen LogP contribution < -0.4 is 20.7 Å². The zero-order valence-corrected chi connectivity index (χ0v) is 17.8. The largest absolute Gasteiger partial charge is 0.573 e. The molecule has 0 aliphatic heterocycles. The Morgan fingerprint density at radius 2 is 1.93 bits per heavy atom. The molecule has 7 nitrogen and oxygen atoms in total. The first kappa shape index (κ1) is 24.5. The van der Waals surface area contributed by atoms with E-state index < -0.39 is 6.36 Å². The summed E-state index contributed by atoms with van der Waals surface area (Å²) in [6, 6.07) is 9.14. The number of amides is 1. The van der Waals surface area contributed by atoms with Crippen LogP contribution in [-0.4, -0.2) is 36.3 Å². The molecule has 158 valence electrons. The molecule has 0 saturated heterocycles. The van der Waals surface area contributed by atoms with E-state index in [0.29, 0.717) is 12.2 Å². The maximum atomic E-state index is 12.5. The fourth-order valence-corrected chi connectivity index (χ4v) is 2.17. The van der Waals surface area contributed by atoms with E-state index in [9.17, 15) is 18.0 Å². The lowest BCUT2D eigenvalue weighted by Gasteiger charge is -2.14. The summed E-state index contributed by atoms with van der Waals surface area (Å²) in [5, 5.41) is 8.40. The number of alkyl halides is 3. The van der Waals surface area contributed by atoms with Crippen molar-refractivity contribution in [3.8, 4) is 5.75 Å². The molecule has 0 aliphatic rings. The van der Waals surface area contributed by atoms with Crippen LogP contribution in [0.2, 0.25) is 0 Å². The summed E-state index contributed by atoms with van der Waals surface area (Å²) in [5.74, 6) is -0.353. The van der Waals surface area contributed by atoms with Crippen molar-refractivity contribution in [2.24, 2.45) is 4.99 Å². The number of nitrogens with zero attached hydrogens (tertiary/aromatic N) is 2. The van der Waals surface area contributed by atoms with Gasteiger partial charge in [-0.2, -0.15) is 0 Å². The summed E-state index contributed by atoms with van der Waals surface area (Å²) < 4.78 is 41.5. The number of benzene rings is 1. The van der Waals surface area contributed by atoms with Crippen molar-refractivity contribution in [2.75, 3.05) is 18.4 Å². The molecule has 0 aliphatic carbocycles. The van der Waals surface area contributed by atoms with Gasteiger partial charge in [-0.15, -0.1) is 37.1 Å². The van der Waals surface area contributed by atoms with E-state index in [1.807, 2.05) is 6.92 Å². The number of ether oxygens (including phenoxy) is 1. The lowest BCUT2D eigenvalue weighted by Crippen LogP contribution is -2.41. The number of hydrogen-bond donors (Lipinski definition) is 3. The molecule has 0 radical (unpaired) electrons. The van der Waals surface area contributed by atoms with Gasteiger partial charge in [0.05, 0.1) is 25.0 Å². The second kappa shape index (κ2) is 12.1. The molecule has 2 aromatic rings. The average Bonchev–Trinajstić information content (AvgIpc) is 2.64. The van der Waals surface area contributed by atoms with Gasteiger partial charge in [0, 0.05) is 18.3 Å². The number of aromatic nitrogens is 1. The standard InChI is InChI=1S/C18H20F3N5O2.HI/c1-2-23-17(25-12-16(27)26-14-7-5-9-22-11-14)24-10-13-6-3-4-8-15(13)28-18(19,20)21;/h3-9,11H,2,10,12H2,1H3,(H,26,27)(H2,23,24,25);1H. The van der Waals surface area contributed by atoms with Gasteiger partial charge in [0.15, 0.2) is 5.96 Å². The van der Waals surface area contributed by atoms with Crippen LogP contribution >= 0.6 is 24.0 Å². The number of rotatable bonds is 7. The van der Waals surface area contributed by atoms with Crippen LogP contribution in [0, 0.1) is 0 Å². The molecular weight excluding hydrogens is 502 g/mol. The SMILES string of the molecule is CCNC(=NCc1ccccc1OC(F)(F)F)NCC(=O)Nc1cccnc1.I. The van der Waals surface area contributed by atoms with Crippen LogP contribution in [0.4, 0.5) is 18.9 Å². The highest BCUT2D eigenvalue weighted by molar-refractivity contribution is 14.0. The summed E-state index contributed by atoms with van der Waals surface area (Å²) >= 11 is 0. The fraction of sp³-hybridized carbons (Fsp3) is 0.278. The monoisotopic (exact) mass is 523 g/mol. The second-order valence-corrected chi connectivity index (χ2v) is 5.49. The van der Waals surface area contributed by atoms with Crippen LogP contribution in [0.5, 0.6) is 5.75 Å². The van der Waals surface area contributed by atoms with E-state index in [-0.39, 0.29) is 60.2 Å². The van der Waals surface area contributed by atoms with Gasteiger partial charge in [-0.3, -0.25) is 9.78 Å². The van der Waals surface area contributed by atoms with Crippen molar-refractivity contribution in [3.05, 3.63) is 54.4 Å². The van der Waals surface area contributed by atoms with Crippen molar-refractivity contribution in [2.45, 2.75) is 19.8 Å². The third-order valence-electron chi connectivity index (χ3n) is 3.31. The molecule has 0 spiro atoms. The summed E-state index contributed by atoms with van der Waals surface area (Å²) in [4.78, 5) is 20.1. The minimum Gasteiger partial charge on any atom is -0.405 e. The number of para-hydroxylation sites is 1. The molecule has 1 amide bonds. The molecule has 11 heteroatoms. The first-order valence-corrected chi connectivity index (χ1v) is 8.43. The van der Waals surface area contributed by atoms with Gasteiger partial charge in [-0.1, -0.05) is 18.2 Å². The quantitative estimate of drug-likeness (QED) is 0.295. The third-order valence-corrected chi connectivity index (χ3v) is 3.31.